The maximum Gasteiger partial charge on any atom is 0.176 e. The molecule has 1 fully saturated rings. The van der Waals surface area contributed by atoms with Gasteiger partial charge in [-0.05, 0) is 12.8 Å². The number of nitrogens with zero attached hydrogens (tertiary/aromatic N) is 1. The zero-order valence-electron chi connectivity index (χ0n) is 4.46. The summed E-state index contributed by atoms with van der Waals surface area (Å²) in [7, 11) is 0. The number of hydrogen-bond acceptors (Lipinski definition) is 4. The summed E-state index contributed by atoms with van der Waals surface area (Å²) in [6, 6.07) is 0.368. The van der Waals surface area contributed by atoms with Crippen LogP contribution in [0.4, 0.5) is 0 Å². The molecule has 0 unspecified atom stereocenters. The standard InChI is InChI=1S/C4H8N2O2/c7-6-8-5-4-2-1-3-4/h4-5H,1-3H2. The Kier molecular flexibility index (Phi) is 1.80. The van der Waals surface area contributed by atoms with Crippen LogP contribution < -0.4 is 5.48 Å². The molecule has 0 heterocycles. The Morgan fingerprint density at radius 3 is 2.75 bits per heavy atom. The van der Waals surface area contributed by atoms with Gasteiger partial charge in [0, 0.05) is 6.04 Å². The Balaban J connectivity index is 1.93. The molecule has 1 N–H and O–H groups in total. The van der Waals surface area contributed by atoms with E-state index in [2.05, 4.69) is 15.8 Å². The minimum absolute atomic E-state index is 0.368. The van der Waals surface area contributed by atoms with Gasteiger partial charge in [0.15, 0.2) is 5.34 Å². The van der Waals surface area contributed by atoms with Crippen molar-refractivity contribution in [3.05, 3.63) is 4.91 Å². The van der Waals surface area contributed by atoms with Gasteiger partial charge in [-0.2, -0.15) is 0 Å². The minimum Gasteiger partial charge on any atom is -0.263 e. The van der Waals surface area contributed by atoms with Gasteiger partial charge in [0.25, 0.3) is 0 Å². The average Bonchev–Trinajstić information content (AvgIpc) is 1.63. The van der Waals surface area contributed by atoms with Crippen molar-refractivity contribution in [2.45, 2.75) is 25.3 Å². The molecular weight excluding hydrogens is 108 g/mol. The lowest BCUT2D eigenvalue weighted by atomic mass is 9.94. The van der Waals surface area contributed by atoms with Crippen LogP contribution in [0.5, 0.6) is 0 Å². The first kappa shape index (κ1) is 5.50. The van der Waals surface area contributed by atoms with Crippen molar-refractivity contribution in [3.8, 4) is 0 Å². The zero-order valence-corrected chi connectivity index (χ0v) is 4.46. The average molecular weight is 116 g/mol. The van der Waals surface area contributed by atoms with E-state index in [-0.39, 0.29) is 0 Å². The van der Waals surface area contributed by atoms with Gasteiger partial charge in [0.05, 0.1) is 0 Å². The monoisotopic (exact) mass is 116 g/mol. The van der Waals surface area contributed by atoms with E-state index in [1.165, 1.54) is 6.42 Å². The van der Waals surface area contributed by atoms with Crippen molar-refractivity contribution in [1.82, 2.24) is 5.48 Å². The second-order valence-electron chi connectivity index (χ2n) is 1.91. The number of rotatable bonds is 3. The maximum atomic E-state index is 9.31. The third-order valence-electron chi connectivity index (χ3n) is 1.36. The molecule has 8 heavy (non-hydrogen) atoms. The van der Waals surface area contributed by atoms with E-state index >= 15 is 0 Å². The van der Waals surface area contributed by atoms with Crippen LogP contribution in [0.15, 0.2) is 5.34 Å². The summed E-state index contributed by atoms with van der Waals surface area (Å²) >= 11 is 0. The fourth-order valence-electron chi connectivity index (χ4n) is 0.622. The van der Waals surface area contributed by atoms with E-state index in [1.807, 2.05) is 0 Å². The van der Waals surface area contributed by atoms with Crippen molar-refractivity contribution < 1.29 is 4.94 Å². The van der Waals surface area contributed by atoms with Crippen molar-refractivity contribution in [3.63, 3.8) is 0 Å². The van der Waals surface area contributed by atoms with Gasteiger partial charge in [0.1, 0.15) is 0 Å². The molecule has 1 aliphatic rings. The van der Waals surface area contributed by atoms with E-state index in [9.17, 15) is 4.91 Å². The molecule has 0 aromatic heterocycles. The van der Waals surface area contributed by atoms with Crippen molar-refractivity contribution in [2.75, 3.05) is 0 Å². The molecule has 1 aliphatic carbocycles. The van der Waals surface area contributed by atoms with Crippen LogP contribution in [0.3, 0.4) is 0 Å². The molecule has 1 saturated carbocycles. The molecule has 0 amide bonds. The van der Waals surface area contributed by atoms with Crippen LogP contribution in [-0.4, -0.2) is 6.04 Å². The predicted molar refractivity (Wildman–Crippen MR) is 27.7 cm³/mol. The SMILES string of the molecule is O=NONC1CCC1. The molecule has 0 spiro atoms. The van der Waals surface area contributed by atoms with E-state index in [0.29, 0.717) is 6.04 Å². The van der Waals surface area contributed by atoms with Gasteiger partial charge in [-0.15, -0.1) is 10.4 Å². The van der Waals surface area contributed by atoms with Crippen LogP contribution in [0.1, 0.15) is 19.3 Å². The second-order valence-corrected chi connectivity index (χ2v) is 1.91. The summed E-state index contributed by atoms with van der Waals surface area (Å²) in [6.45, 7) is 0. The molecule has 0 aromatic carbocycles. The third kappa shape index (κ3) is 1.16. The molecule has 4 nitrogen and oxygen atoms in total. The molecular formula is C4H8N2O2. The van der Waals surface area contributed by atoms with Crippen LogP contribution in [0.2, 0.25) is 0 Å². The summed E-state index contributed by atoms with van der Waals surface area (Å²) < 4.78 is 0. The molecule has 0 aliphatic heterocycles. The molecule has 1 rings (SSSR count). The molecule has 0 saturated heterocycles. The van der Waals surface area contributed by atoms with Crippen LogP contribution in [0.25, 0.3) is 0 Å². The second kappa shape index (κ2) is 2.61. The van der Waals surface area contributed by atoms with Crippen LogP contribution >= 0.6 is 0 Å². The normalized spacial score (nSPS) is 19.5. The molecule has 4 heteroatoms. The summed E-state index contributed by atoms with van der Waals surface area (Å²) in [5.41, 5.74) is 2.49. The highest BCUT2D eigenvalue weighted by molar-refractivity contribution is 4.72. The molecule has 0 radical (unpaired) electrons. The predicted octanol–water partition coefficient (Wildman–Crippen LogP) is 0.742. The first-order valence-electron chi connectivity index (χ1n) is 2.67. The highest BCUT2D eigenvalue weighted by atomic mass is 16.8. The number of hydroxylamine groups is 1. The van der Waals surface area contributed by atoms with E-state index < -0.39 is 0 Å². The first-order chi connectivity index (χ1) is 3.93. The Bertz CT molecular complexity index is 82.1. The summed E-state index contributed by atoms with van der Waals surface area (Å²) in [6.07, 6.45) is 3.41. The maximum absolute atomic E-state index is 9.31. The van der Waals surface area contributed by atoms with Gasteiger partial charge < -0.3 is 0 Å². The number of hydrogen-bond donors (Lipinski definition) is 1. The highest BCUT2D eigenvalue weighted by Crippen LogP contribution is 2.17. The van der Waals surface area contributed by atoms with Crippen LogP contribution in [0, 0.1) is 4.91 Å². The minimum atomic E-state index is 0.368. The van der Waals surface area contributed by atoms with Gasteiger partial charge in [-0.1, -0.05) is 6.42 Å². The topological polar surface area (TPSA) is 50.7 Å². The lowest BCUT2D eigenvalue weighted by Gasteiger charge is -2.22. The van der Waals surface area contributed by atoms with Crippen molar-refractivity contribution in [2.24, 2.45) is 5.34 Å². The Hall–Kier alpha value is -0.640. The fourth-order valence-corrected chi connectivity index (χ4v) is 0.622. The highest BCUT2D eigenvalue weighted by Gasteiger charge is 2.17. The largest absolute Gasteiger partial charge is 0.263 e. The molecule has 46 valence electrons. The van der Waals surface area contributed by atoms with Crippen LogP contribution in [-0.2, 0) is 4.94 Å². The lowest BCUT2D eigenvalue weighted by molar-refractivity contribution is -0.00279. The van der Waals surface area contributed by atoms with Crippen molar-refractivity contribution >= 4 is 0 Å². The molecule has 0 bridgehead atoms. The molecule has 0 atom stereocenters. The van der Waals surface area contributed by atoms with E-state index in [4.69, 9.17) is 0 Å². The Morgan fingerprint density at radius 2 is 2.38 bits per heavy atom. The van der Waals surface area contributed by atoms with Gasteiger partial charge in [-0.3, -0.25) is 4.94 Å². The lowest BCUT2D eigenvalue weighted by Crippen LogP contribution is -2.33. The molecule has 0 aromatic rings. The van der Waals surface area contributed by atoms with E-state index in [0.717, 1.165) is 12.8 Å². The van der Waals surface area contributed by atoms with E-state index in [1.54, 1.807) is 0 Å². The van der Waals surface area contributed by atoms with Crippen molar-refractivity contribution in [1.29, 1.82) is 0 Å². The zero-order chi connectivity index (χ0) is 5.82. The van der Waals surface area contributed by atoms with Gasteiger partial charge in [-0.25, -0.2) is 0 Å². The Labute approximate surface area is 47.1 Å². The smallest absolute Gasteiger partial charge is 0.176 e. The third-order valence-corrected chi connectivity index (χ3v) is 1.36. The quantitative estimate of drug-likeness (QED) is 0.437. The first-order valence-corrected chi connectivity index (χ1v) is 2.67. The summed E-state index contributed by atoms with van der Waals surface area (Å²) in [5.74, 6) is 0. The Morgan fingerprint density at radius 1 is 1.62 bits per heavy atom. The number of nitrogens with one attached hydrogen (secondary N) is 1. The fraction of sp³-hybridized carbons (Fsp3) is 1.00. The van der Waals surface area contributed by atoms with Gasteiger partial charge in [0.2, 0.25) is 0 Å². The summed E-state index contributed by atoms with van der Waals surface area (Å²) in [4.78, 5) is 13.4. The summed E-state index contributed by atoms with van der Waals surface area (Å²) in [5, 5.41) is 2.20. The van der Waals surface area contributed by atoms with Gasteiger partial charge >= 0.3 is 0 Å².